The Morgan fingerprint density at radius 1 is 1.21 bits per heavy atom. The van der Waals surface area contributed by atoms with Crippen molar-refractivity contribution in [2.75, 3.05) is 7.05 Å². The number of rotatable bonds is 11. The first-order valence-electron chi connectivity index (χ1n) is 9.82. The van der Waals surface area contributed by atoms with Gasteiger partial charge in [-0.15, -0.1) is 0 Å². The average molecular weight is 391 g/mol. The first-order valence-corrected chi connectivity index (χ1v) is 9.82. The predicted octanol–water partition coefficient (Wildman–Crippen LogP) is 3.23. The summed E-state index contributed by atoms with van der Waals surface area (Å²) in [5.74, 6) is -1.29. The Hall–Kier alpha value is -2.21. The molecule has 6 nitrogen and oxygen atoms in total. The van der Waals surface area contributed by atoms with Gasteiger partial charge < -0.3 is 5.32 Å². The molecule has 0 heterocycles. The first-order chi connectivity index (χ1) is 13.1. The molecule has 0 aromatic heterocycles. The monoisotopic (exact) mass is 390 g/mol. The number of aryl methyl sites for hydroxylation is 1. The first kappa shape index (κ1) is 23.8. The van der Waals surface area contributed by atoms with Crippen LogP contribution in [0.3, 0.4) is 0 Å². The van der Waals surface area contributed by atoms with Crippen molar-refractivity contribution in [1.82, 2.24) is 10.4 Å². The number of hydrogen-bond donors (Lipinski definition) is 2. The van der Waals surface area contributed by atoms with Crippen molar-refractivity contribution in [2.24, 2.45) is 17.3 Å². The van der Waals surface area contributed by atoms with Crippen LogP contribution in [0, 0.1) is 17.3 Å². The SMILES string of the molecule is CNC(=O)[C@@H](CC(=O)[C@H](CCCc1ccccc1)[C@H](C)N(O)C=O)C(C)(C)C. The molecular formula is C22H34N2O4. The second-order valence-corrected chi connectivity index (χ2v) is 8.41. The zero-order chi connectivity index (χ0) is 21.3. The maximum atomic E-state index is 13.1. The Balaban J connectivity index is 2.91. The normalized spacial score (nSPS) is 14.6. The van der Waals surface area contributed by atoms with Crippen LogP contribution in [-0.4, -0.2) is 41.5 Å². The number of nitrogens with zero attached hydrogens (tertiary/aromatic N) is 1. The number of hydrogen-bond acceptors (Lipinski definition) is 4. The molecule has 0 aliphatic heterocycles. The van der Waals surface area contributed by atoms with Crippen LogP contribution in [0.5, 0.6) is 0 Å². The average Bonchev–Trinajstić information content (AvgIpc) is 2.67. The molecule has 1 aromatic rings. The molecule has 3 atom stereocenters. The van der Waals surface area contributed by atoms with Crippen molar-refractivity contribution in [3.8, 4) is 0 Å². The second-order valence-electron chi connectivity index (χ2n) is 8.41. The van der Waals surface area contributed by atoms with Gasteiger partial charge in [-0.3, -0.25) is 19.6 Å². The van der Waals surface area contributed by atoms with Crippen molar-refractivity contribution in [3.05, 3.63) is 35.9 Å². The summed E-state index contributed by atoms with van der Waals surface area (Å²) >= 11 is 0. The van der Waals surface area contributed by atoms with E-state index >= 15 is 0 Å². The highest BCUT2D eigenvalue weighted by atomic mass is 16.5. The maximum absolute atomic E-state index is 13.1. The van der Waals surface area contributed by atoms with Crippen molar-refractivity contribution < 1.29 is 19.6 Å². The summed E-state index contributed by atoms with van der Waals surface area (Å²) in [5.41, 5.74) is 0.799. The standard InChI is InChI=1S/C22H34N2O4/c1-16(24(28)15-25)18(13-9-12-17-10-7-6-8-11-17)20(26)14-19(21(27)23-5)22(2,3)4/h6-8,10-11,15-16,18-19,28H,9,12-14H2,1-5H3,(H,23,27)/t16-,18+,19+/m0/s1. The molecule has 1 rings (SSSR count). The molecule has 1 aromatic carbocycles. The fraction of sp³-hybridized carbons (Fsp3) is 0.591. The van der Waals surface area contributed by atoms with Gasteiger partial charge >= 0.3 is 0 Å². The molecule has 0 bridgehead atoms. The number of hydroxylamine groups is 2. The van der Waals surface area contributed by atoms with E-state index in [0.29, 0.717) is 17.9 Å². The lowest BCUT2D eigenvalue weighted by molar-refractivity contribution is -0.166. The highest BCUT2D eigenvalue weighted by Crippen LogP contribution is 2.31. The molecule has 0 aliphatic rings. The van der Waals surface area contributed by atoms with E-state index in [4.69, 9.17) is 0 Å². The fourth-order valence-electron chi connectivity index (χ4n) is 3.44. The summed E-state index contributed by atoms with van der Waals surface area (Å²) in [6.07, 6.45) is 2.49. The van der Waals surface area contributed by atoms with E-state index in [1.54, 1.807) is 14.0 Å². The highest BCUT2D eigenvalue weighted by Gasteiger charge is 2.36. The number of carbonyl (C=O) groups excluding carboxylic acids is 3. The van der Waals surface area contributed by atoms with Gasteiger partial charge in [-0.25, -0.2) is 5.06 Å². The van der Waals surface area contributed by atoms with Crippen LogP contribution < -0.4 is 5.32 Å². The number of benzene rings is 1. The van der Waals surface area contributed by atoms with Crippen LogP contribution in [-0.2, 0) is 20.8 Å². The minimum atomic E-state index is -0.647. The molecule has 28 heavy (non-hydrogen) atoms. The van der Waals surface area contributed by atoms with Gasteiger partial charge in [0.1, 0.15) is 5.78 Å². The van der Waals surface area contributed by atoms with Gasteiger partial charge in [0.2, 0.25) is 12.3 Å². The van der Waals surface area contributed by atoms with Crippen LogP contribution in [0.4, 0.5) is 0 Å². The molecular weight excluding hydrogens is 356 g/mol. The second kappa shape index (κ2) is 11.0. The molecule has 0 spiro atoms. The van der Waals surface area contributed by atoms with Gasteiger partial charge in [-0.05, 0) is 37.2 Å². The Morgan fingerprint density at radius 2 is 1.82 bits per heavy atom. The minimum absolute atomic E-state index is 0.0796. The van der Waals surface area contributed by atoms with E-state index in [9.17, 15) is 19.6 Å². The number of ketones is 1. The van der Waals surface area contributed by atoms with Crippen molar-refractivity contribution in [2.45, 2.75) is 59.4 Å². The maximum Gasteiger partial charge on any atom is 0.233 e. The van der Waals surface area contributed by atoms with E-state index in [1.807, 2.05) is 51.1 Å². The van der Waals surface area contributed by atoms with Crippen LogP contribution in [0.1, 0.15) is 52.5 Å². The number of Topliss-reactive ketones (excluding diaryl/α,β-unsaturated/α-hetero) is 1. The molecule has 6 heteroatoms. The van der Waals surface area contributed by atoms with E-state index in [2.05, 4.69) is 5.32 Å². The predicted molar refractivity (Wildman–Crippen MR) is 109 cm³/mol. The summed E-state index contributed by atoms with van der Waals surface area (Å²) in [6.45, 7) is 7.44. The van der Waals surface area contributed by atoms with Gasteiger partial charge in [0, 0.05) is 25.3 Å². The van der Waals surface area contributed by atoms with Crippen LogP contribution in [0.25, 0.3) is 0 Å². The van der Waals surface area contributed by atoms with Gasteiger partial charge in [-0.1, -0.05) is 51.1 Å². The van der Waals surface area contributed by atoms with Gasteiger partial charge in [0.25, 0.3) is 0 Å². The Bertz CT molecular complexity index is 640. The van der Waals surface area contributed by atoms with E-state index in [-0.39, 0.29) is 23.5 Å². The molecule has 0 aliphatic carbocycles. The molecule has 0 fully saturated rings. The van der Waals surface area contributed by atoms with Gasteiger partial charge in [-0.2, -0.15) is 0 Å². The topological polar surface area (TPSA) is 86.7 Å². The zero-order valence-electron chi connectivity index (χ0n) is 17.6. The molecule has 0 unspecified atom stereocenters. The molecule has 2 N–H and O–H groups in total. The summed E-state index contributed by atoms with van der Waals surface area (Å²) in [7, 11) is 1.56. The molecule has 0 saturated heterocycles. The van der Waals surface area contributed by atoms with E-state index < -0.39 is 17.9 Å². The summed E-state index contributed by atoms with van der Waals surface area (Å²) < 4.78 is 0. The Morgan fingerprint density at radius 3 is 2.32 bits per heavy atom. The molecule has 0 saturated carbocycles. The summed E-state index contributed by atoms with van der Waals surface area (Å²) in [5, 5.41) is 13.0. The lowest BCUT2D eigenvalue weighted by Crippen LogP contribution is -2.43. The Kier molecular flexibility index (Phi) is 9.32. The summed E-state index contributed by atoms with van der Waals surface area (Å²) in [6, 6.07) is 9.32. The third-order valence-corrected chi connectivity index (χ3v) is 5.36. The smallest absolute Gasteiger partial charge is 0.233 e. The van der Waals surface area contributed by atoms with Crippen LogP contribution in [0.15, 0.2) is 30.3 Å². The molecule has 2 amide bonds. The minimum Gasteiger partial charge on any atom is -0.359 e. The number of nitrogens with one attached hydrogen (secondary N) is 1. The number of amides is 2. The lowest BCUT2D eigenvalue weighted by atomic mass is 9.74. The molecule has 0 radical (unpaired) electrons. The lowest BCUT2D eigenvalue weighted by Gasteiger charge is -2.32. The fourth-order valence-corrected chi connectivity index (χ4v) is 3.44. The van der Waals surface area contributed by atoms with E-state index in [0.717, 1.165) is 12.8 Å². The third kappa shape index (κ3) is 7.08. The van der Waals surface area contributed by atoms with Crippen LogP contribution >= 0.6 is 0 Å². The molecule has 156 valence electrons. The number of carbonyl (C=O) groups is 3. The quantitative estimate of drug-likeness (QED) is 0.345. The third-order valence-electron chi connectivity index (χ3n) is 5.36. The van der Waals surface area contributed by atoms with Gasteiger partial charge in [0.05, 0.1) is 6.04 Å². The van der Waals surface area contributed by atoms with Crippen molar-refractivity contribution in [3.63, 3.8) is 0 Å². The Labute approximate surface area is 168 Å². The van der Waals surface area contributed by atoms with Crippen LogP contribution in [0.2, 0.25) is 0 Å². The highest BCUT2D eigenvalue weighted by molar-refractivity contribution is 5.88. The van der Waals surface area contributed by atoms with E-state index in [1.165, 1.54) is 5.56 Å². The van der Waals surface area contributed by atoms with Crippen molar-refractivity contribution in [1.29, 1.82) is 0 Å². The largest absolute Gasteiger partial charge is 0.359 e. The van der Waals surface area contributed by atoms with Gasteiger partial charge in [0.15, 0.2) is 0 Å². The van der Waals surface area contributed by atoms with Crippen molar-refractivity contribution >= 4 is 18.1 Å². The zero-order valence-corrected chi connectivity index (χ0v) is 17.6. The summed E-state index contributed by atoms with van der Waals surface area (Å²) in [4.78, 5) is 36.4.